The Bertz CT molecular complexity index is 455. The number of carbonyl (C=O) groups is 1. The maximum Gasteiger partial charge on any atom is 0.231 e. The fourth-order valence-corrected chi connectivity index (χ4v) is 2.93. The summed E-state index contributed by atoms with van der Waals surface area (Å²) in [5.74, 6) is -0.429. The molecule has 1 aliphatic rings. The average molecular weight is 267 g/mol. The zero-order valence-corrected chi connectivity index (χ0v) is 11.0. The van der Waals surface area contributed by atoms with E-state index in [1.807, 2.05) is 17.5 Å². The number of nitrogens with one attached hydrogen (secondary N) is 3. The lowest BCUT2D eigenvalue weighted by molar-refractivity contribution is -0.124. The Morgan fingerprint density at radius 3 is 3.00 bits per heavy atom. The van der Waals surface area contributed by atoms with Gasteiger partial charge in [-0.3, -0.25) is 4.79 Å². The van der Waals surface area contributed by atoms with Crippen LogP contribution in [0.15, 0.2) is 29.8 Å². The molecule has 17 heavy (non-hydrogen) atoms. The van der Waals surface area contributed by atoms with Crippen molar-refractivity contribution in [2.75, 3.05) is 7.05 Å². The highest BCUT2D eigenvalue weighted by molar-refractivity contribution is 7.80. The van der Waals surface area contributed by atoms with Gasteiger partial charge in [-0.25, -0.2) is 0 Å². The molecule has 6 heteroatoms. The van der Waals surface area contributed by atoms with Gasteiger partial charge in [-0.05, 0) is 23.7 Å². The van der Waals surface area contributed by atoms with E-state index < -0.39 is 0 Å². The van der Waals surface area contributed by atoms with Crippen LogP contribution in [-0.4, -0.2) is 18.1 Å². The molecule has 3 N–H and O–H groups in total. The third kappa shape index (κ3) is 2.32. The lowest BCUT2D eigenvalue weighted by Gasteiger charge is -2.34. The maximum absolute atomic E-state index is 11.9. The van der Waals surface area contributed by atoms with Crippen LogP contribution in [-0.2, 0) is 4.79 Å². The molecule has 0 saturated carbocycles. The van der Waals surface area contributed by atoms with E-state index >= 15 is 0 Å². The molecule has 1 amide bonds. The number of carbonyl (C=O) groups excluding carboxylic acids is 1. The molecule has 1 aromatic heterocycles. The second kappa shape index (κ2) is 4.85. The van der Waals surface area contributed by atoms with Crippen LogP contribution in [0.2, 0.25) is 0 Å². The van der Waals surface area contributed by atoms with E-state index in [1.54, 1.807) is 18.4 Å². The molecule has 0 aromatic carbocycles. The zero-order chi connectivity index (χ0) is 12.4. The summed E-state index contributed by atoms with van der Waals surface area (Å²) in [4.78, 5) is 13.0. The van der Waals surface area contributed by atoms with E-state index in [-0.39, 0.29) is 17.9 Å². The zero-order valence-electron chi connectivity index (χ0n) is 9.32. The topological polar surface area (TPSA) is 53.2 Å². The van der Waals surface area contributed by atoms with E-state index in [1.165, 1.54) is 0 Å². The van der Waals surface area contributed by atoms with Gasteiger partial charge in [0.2, 0.25) is 5.91 Å². The quantitative estimate of drug-likeness (QED) is 0.704. The Morgan fingerprint density at radius 1 is 1.65 bits per heavy atom. The minimum atomic E-state index is -0.356. The second-order valence-electron chi connectivity index (χ2n) is 3.71. The van der Waals surface area contributed by atoms with Crippen LogP contribution in [0.25, 0.3) is 0 Å². The summed E-state index contributed by atoms with van der Waals surface area (Å²) in [7, 11) is 1.62. The first kappa shape index (κ1) is 12.1. The van der Waals surface area contributed by atoms with Crippen molar-refractivity contribution in [2.45, 2.75) is 6.04 Å². The molecule has 2 rings (SSSR count). The Hall–Kier alpha value is -1.40. The van der Waals surface area contributed by atoms with Crippen LogP contribution in [0.4, 0.5) is 0 Å². The van der Waals surface area contributed by atoms with Crippen LogP contribution >= 0.6 is 23.6 Å². The van der Waals surface area contributed by atoms with Gasteiger partial charge >= 0.3 is 0 Å². The average Bonchev–Trinajstić information content (AvgIpc) is 2.80. The maximum atomic E-state index is 11.9. The van der Waals surface area contributed by atoms with Crippen molar-refractivity contribution < 1.29 is 4.79 Å². The summed E-state index contributed by atoms with van der Waals surface area (Å²) in [6.07, 6.45) is 0. The molecular formula is C11H13N3OS2. The number of hydrogen-bond acceptors (Lipinski definition) is 3. The van der Waals surface area contributed by atoms with Crippen molar-refractivity contribution >= 4 is 34.6 Å². The van der Waals surface area contributed by atoms with E-state index in [2.05, 4.69) is 22.5 Å². The van der Waals surface area contributed by atoms with E-state index in [4.69, 9.17) is 12.2 Å². The van der Waals surface area contributed by atoms with Crippen LogP contribution in [0.5, 0.6) is 0 Å². The first-order valence-electron chi connectivity index (χ1n) is 5.15. The van der Waals surface area contributed by atoms with Gasteiger partial charge < -0.3 is 16.0 Å². The lowest BCUT2D eigenvalue weighted by Crippen LogP contribution is -2.52. The standard InChI is InChI=1S/C11H13N3OS2/c1-6-8(10(15)12-2)9(14-11(16)13-6)7-4-3-5-17-7/h3-5,8-9H,1H2,2H3,(H,12,15)(H2,13,14,16). The third-order valence-corrected chi connectivity index (χ3v) is 3.82. The van der Waals surface area contributed by atoms with Gasteiger partial charge in [-0.15, -0.1) is 11.3 Å². The van der Waals surface area contributed by atoms with Crippen molar-refractivity contribution in [3.8, 4) is 0 Å². The number of thiophene rings is 1. The second-order valence-corrected chi connectivity index (χ2v) is 5.10. The minimum Gasteiger partial charge on any atom is -0.359 e. The Kier molecular flexibility index (Phi) is 3.44. The summed E-state index contributed by atoms with van der Waals surface area (Å²) in [5, 5.41) is 11.2. The van der Waals surface area contributed by atoms with Crippen molar-refractivity contribution in [2.24, 2.45) is 5.92 Å². The van der Waals surface area contributed by atoms with Crippen LogP contribution in [0.3, 0.4) is 0 Å². The number of rotatable bonds is 2. The first-order valence-corrected chi connectivity index (χ1v) is 6.43. The van der Waals surface area contributed by atoms with Gasteiger partial charge in [0.05, 0.1) is 6.04 Å². The van der Waals surface area contributed by atoms with Crippen molar-refractivity contribution in [3.63, 3.8) is 0 Å². The first-order chi connectivity index (χ1) is 8.13. The third-order valence-electron chi connectivity index (χ3n) is 2.65. The summed E-state index contributed by atoms with van der Waals surface area (Å²) in [6, 6.07) is 3.80. The lowest BCUT2D eigenvalue weighted by atomic mass is 9.92. The molecule has 2 heterocycles. The summed E-state index contributed by atoms with van der Waals surface area (Å²) < 4.78 is 0. The monoisotopic (exact) mass is 267 g/mol. The number of thiocarbonyl (C=S) groups is 1. The van der Waals surface area contributed by atoms with Crippen LogP contribution in [0, 0.1) is 5.92 Å². The normalized spacial score (nSPS) is 23.8. The van der Waals surface area contributed by atoms with Crippen LogP contribution in [0.1, 0.15) is 10.9 Å². The molecule has 1 aliphatic heterocycles. The molecule has 2 unspecified atom stereocenters. The van der Waals surface area contributed by atoms with Gasteiger partial charge in [-0.1, -0.05) is 12.6 Å². The Morgan fingerprint density at radius 2 is 2.41 bits per heavy atom. The fraction of sp³-hybridized carbons (Fsp3) is 0.273. The van der Waals surface area contributed by atoms with Gasteiger partial charge in [0.15, 0.2) is 5.11 Å². The van der Waals surface area contributed by atoms with Gasteiger partial charge in [0, 0.05) is 17.6 Å². The molecule has 1 fully saturated rings. The molecule has 0 radical (unpaired) electrons. The summed E-state index contributed by atoms with van der Waals surface area (Å²) in [6.45, 7) is 3.88. The molecular weight excluding hydrogens is 254 g/mol. The summed E-state index contributed by atoms with van der Waals surface area (Å²) in [5.41, 5.74) is 0.631. The van der Waals surface area contributed by atoms with Gasteiger partial charge in [-0.2, -0.15) is 0 Å². The Labute approximate surface area is 109 Å². The SMILES string of the molecule is C=C1NC(=S)NC(c2cccs2)C1C(=O)NC. The molecule has 1 saturated heterocycles. The van der Waals surface area contributed by atoms with E-state index in [9.17, 15) is 4.79 Å². The highest BCUT2D eigenvalue weighted by atomic mass is 32.1. The van der Waals surface area contributed by atoms with E-state index in [0.29, 0.717) is 10.8 Å². The van der Waals surface area contributed by atoms with Gasteiger partial charge in [0.25, 0.3) is 0 Å². The molecule has 2 atom stereocenters. The van der Waals surface area contributed by atoms with Gasteiger partial charge in [0.1, 0.15) is 5.92 Å². The number of amides is 1. The van der Waals surface area contributed by atoms with Crippen LogP contribution < -0.4 is 16.0 Å². The smallest absolute Gasteiger partial charge is 0.231 e. The van der Waals surface area contributed by atoms with Crippen molar-refractivity contribution in [3.05, 3.63) is 34.7 Å². The highest BCUT2D eigenvalue weighted by Gasteiger charge is 2.36. The molecule has 0 aliphatic carbocycles. The minimum absolute atomic E-state index is 0.0732. The summed E-state index contributed by atoms with van der Waals surface area (Å²) >= 11 is 6.69. The van der Waals surface area contributed by atoms with Crippen molar-refractivity contribution in [1.29, 1.82) is 0 Å². The fourth-order valence-electron chi connectivity index (χ4n) is 1.85. The molecule has 0 bridgehead atoms. The predicted octanol–water partition coefficient (Wildman–Crippen LogP) is 1.14. The molecule has 1 aromatic rings. The predicted molar refractivity (Wildman–Crippen MR) is 72.6 cm³/mol. The molecule has 90 valence electrons. The molecule has 4 nitrogen and oxygen atoms in total. The largest absolute Gasteiger partial charge is 0.359 e. The van der Waals surface area contributed by atoms with E-state index in [0.717, 1.165) is 4.88 Å². The van der Waals surface area contributed by atoms with Crippen molar-refractivity contribution in [1.82, 2.24) is 16.0 Å². The highest BCUT2D eigenvalue weighted by Crippen LogP contribution is 2.31. The number of hydrogen-bond donors (Lipinski definition) is 3. The molecule has 0 spiro atoms. The Balaban J connectivity index is 2.34.